The van der Waals surface area contributed by atoms with E-state index in [2.05, 4.69) is 9.71 Å². The van der Waals surface area contributed by atoms with Gasteiger partial charge in [0.05, 0.1) is 5.52 Å². The normalized spacial score (nSPS) is 17.1. The van der Waals surface area contributed by atoms with Crippen LogP contribution in [0.3, 0.4) is 0 Å². The molecule has 2 heterocycles. The van der Waals surface area contributed by atoms with Gasteiger partial charge in [-0.2, -0.15) is 0 Å². The van der Waals surface area contributed by atoms with Crippen molar-refractivity contribution in [2.45, 2.75) is 30.8 Å². The van der Waals surface area contributed by atoms with Crippen LogP contribution in [0.5, 0.6) is 0 Å². The molecule has 4 aromatic rings. The number of hydrogen-bond acceptors (Lipinski definition) is 5. The molecular formula is C29H27F3N4O3S. The fourth-order valence-electron chi connectivity index (χ4n) is 5.02. The van der Waals surface area contributed by atoms with Crippen molar-refractivity contribution >= 4 is 32.5 Å². The quantitative estimate of drug-likeness (QED) is 0.317. The van der Waals surface area contributed by atoms with E-state index in [4.69, 9.17) is 0 Å². The lowest BCUT2D eigenvalue weighted by Crippen LogP contribution is -2.54. The minimum atomic E-state index is -3.93. The number of nitrogens with zero attached hydrogens (tertiary/aromatic N) is 3. The Morgan fingerprint density at radius 2 is 1.68 bits per heavy atom. The maximum atomic E-state index is 13.7. The van der Waals surface area contributed by atoms with Gasteiger partial charge in [-0.25, -0.2) is 21.6 Å². The third-order valence-electron chi connectivity index (χ3n) is 7.23. The Morgan fingerprint density at radius 1 is 1.00 bits per heavy atom. The first-order valence-electron chi connectivity index (χ1n) is 12.7. The van der Waals surface area contributed by atoms with E-state index in [1.165, 1.54) is 24.4 Å². The summed E-state index contributed by atoms with van der Waals surface area (Å²) < 4.78 is 69.6. The molecule has 1 fully saturated rings. The molecule has 1 aromatic heterocycles. The van der Waals surface area contributed by atoms with Crippen molar-refractivity contribution in [1.82, 2.24) is 14.8 Å². The topological polar surface area (TPSA) is 82.6 Å². The number of carbonyl (C=O) groups is 1. The molecule has 40 heavy (non-hydrogen) atoms. The fraction of sp³-hybridized carbons (Fsp3) is 0.241. The Hall–Kier alpha value is -3.96. The summed E-state index contributed by atoms with van der Waals surface area (Å²) in [4.78, 5) is 21.2. The van der Waals surface area contributed by atoms with E-state index in [0.29, 0.717) is 47.4 Å². The zero-order valence-corrected chi connectivity index (χ0v) is 22.6. The minimum absolute atomic E-state index is 0.0535. The molecule has 0 bridgehead atoms. The molecule has 2 atom stereocenters. The number of piperazine rings is 1. The van der Waals surface area contributed by atoms with Crippen molar-refractivity contribution in [3.63, 3.8) is 0 Å². The summed E-state index contributed by atoms with van der Waals surface area (Å²) in [5, 5.41) is 0.701. The first-order valence-corrected chi connectivity index (χ1v) is 14.2. The van der Waals surface area contributed by atoms with E-state index in [0.717, 1.165) is 12.1 Å². The third-order valence-corrected chi connectivity index (χ3v) is 8.64. The van der Waals surface area contributed by atoms with Crippen LogP contribution in [-0.4, -0.2) is 54.8 Å². The van der Waals surface area contributed by atoms with Gasteiger partial charge in [0.1, 0.15) is 4.90 Å². The Bertz CT molecular complexity index is 1650. The summed E-state index contributed by atoms with van der Waals surface area (Å²) in [7, 11) is -3.93. The smallest absolute Gasteiger partial charge is 0.264 e. The number of carbonyl (C=O) groups excluding carboxylic acids is 1. The zero-order valence-electron chi connectivity index (χ0n) is 21.8. The monoisotopic (exact) mass is 568 g/mol. The van der Waals surface area contributed by atoms with Crippen LogP contribution in [0.1, 0.15) is 35.8 Å². The van der Waals surface area contributed by atoms with E-state index in [9.17, 15) is 26.4 Å². The number of benzene rings is 3. The number of aromatic nitrogens is 1. The minimum Gasteiger partial charge on any atom is -0.333 e. The molecule has 1 aliphatic heterocycles. The largest absolute Gasteiger partial charge is 0.333 e. The lowest BCUT2D eigenvalue weighted by molar-refractivity contribution is 0.0405. The van der Waals surface area contributed by atoms with Gasteiger partial charge in [-0.1, -0.05) is 18.2 Å². The lowest BCUT2D eigenvalue weighted by Gasteiger charge is -2.42. The van der Waals surface area contributed by atoms with Crippen molar-refractivity contribution in [2.75, 3.05) is 24.4 Å². The maximum Gasteiger partial charge on any atom is 0.264 e. The van der Waals surface area contributed by atoms with Crippen LogP contribution in [-0.2, 0) is 10.0 Å². The highest BCUT2D eigenvalue weighted by atomic mass is 32.2. The summed E-state index contributed by atoms with van der Waals surface area (Å²) in [6, 6.07) is 16.0. The number of fused-ring (bicyclic) bond motifs is 1. The molecule has 1 amide bonds. The molecular weight excluding hydrogens is 541 g/mol. The van der Waals surface area contributed by atoms with Gasteiger partial charge >= 0.3 is 0 Å². The third kappa shape index (κ3) is 5.39. The first-order chi connectivity index (χ1) is 19.0. The van der Waals surface area contributed by atoms with Crippen LogP contribution >= 0.6 is 0 Å². The molecule has 1 saturated heterocycles. The molecule has 1 N–H and O–H groups in total. The highest BCUT2D eigenvalue weighted by Gasteiger charge is 2.31. The van der Waals surface area contributed by atoms with Crippen molar-refractivity contribution in [1.29, 1.82) is 0 Å². The van der Waals surface area contributed by atoms with Crippen molar-refractivity contribution in [3.8, 4) is 0 Å². The Morgan fingerprint density at radius 3 is 2.35 bits per heavy atom. The van der Waals surface area contributed by atoms with Crippen LogP contribution in [0, 0.1) is 17.5 Å². The highest BCUT2D eigenvalue weighted by Crippen LogP contribution is 2.28. The lowest BCUT2D eigenvalue weighted by atomic mass is 10.0. The second-order valence-electron chi connectivity index (χ2n) is 9.83. The molecule has 1 aliphatic rings. The molecule has 7 nitrogen and oxygen atoms in total. The average Bonchev–Trinajstić information content (AvgIpc) is 2.94. The first kappa shape index (κ1) is 27.6. The number of sulfonamides is 1. The summed E-state index contributed by atoms with van der Waals surface area (Å²) in [5.41, 5.74) is 1.38. The van der Waals surface area contributed by atoms with E-state index in [1.54, 1.807) is 48.2 Å². The van der Waals surface area contributed by atoms with Crippen LogP contribution in [0.15, 0.2) is 77.8 Å². The number of anilines is 1. The fourth-order valence-corrected chi connectivity index (χ4v) is 6.26. The maximum absolute atomic E-state index is 13.7. The standard InChI is InChI=1S/C29H27F3N4O3S/c1-18-17-35(19(2)22-15-24(30)27(32)25(31)16-22)13-14-36(18)29(37)21-8-10-23(11-9-21)34-40(38,39)26-7-3-5-20-6-4-12-33-28(20)26/h3-12,15-16,18-19,34H,13-14,17H2,1-2H3/t18-,19?/m1/s1. The van der Waals surface area contributed by atoms with Crippen molar-refractivity contribution < 1.29 is 26.4 Å². The molecule has 11 heteroatoms. The number of para-hydroxylation sites is 1. The van der Waals surface area contributed by atoms with Gasteiger partial charge in [0.25, 0.3) is 15.9 Å². The number of hydrogen-bond donors (Lipinski definition) is 1. The zero-order chi connectivity index (χ0) is 28.6. The molecule has 1 unspecified atom stereocenters. The summed E-state index contributed by atoms with van der Waals surface area (Å²) in [6.07, 6.45) is 1.53. The van der Waals surface area contributed by atoms with Gasteiger partial charge in [0.2, 0.25) is 0 Å². The van der Waals surface area contributed by atoms with E-state index >= 15 is 0 Å². The van der Waals surface area contributed by atoms with Crippen LogP contribution < -0.4 is 4.72 Å². The van der Waals surface area contributed by atoms with Gasteiger partial charge in [0.15, 0.2) is 17.5 Å². The highest BCUT2D eigenvalue weighted by molar-refractivity contribution is 7.93. The number of rotatable bonds is 6. The molecule has 208 valence electrons. The second-order valence-corrected chi connectivity index (χ2v) is 11.5. The van der Waals surface area contributed by atoms with Gasteiger partial charge in [-0.15, -0.1) is 0 Å². The second kappa shape index (κ2) is 10.9. The Labute approximate surface area is 230 Å². The number of amides is 1. The average molecular weight is 569 g/mol. The van der Waals surface area contributed by atoms with Crippen molar-refractivity contribution in [3.05, 3.63) is 102 Å². The Balaban J connectivity index is 1.25. The molecule has 0 aliphatic carbocycles. The van der Waals surface area contributed by atoms with E-state index in [-0.39, 0.29) is 22.9 Å². The van der Waals surface area contributed by atoms with Crippen LogP contribution in [0.2, 0.25) is 0 Å². The van der Waals surface area contributed by atoms with Gasteiger partial charge in [0, 0.05) is 54.6 Å². The van der Waals surface area contributed by atoms with E-state index < -0.39 is 27.5 Å². The predicted octanol–water partition coefficient (Wildman–Crippen LogP) is 5.36. The van der Waals surface area contributed by atoms with Crippen molar-refractivity contribution in [2.24, 2.45) is 0 Å². The van der Waals surface area contributed by atoms with Gasteiger partial charge < -0.3 is 4.90 Å². The summed E-state index contributed by atoms with van der Waals surface area (Å²) in [5.74, 6) is -4.18. The number of nitrogens with one attached hydrogen (secondary N) is 1. The number of halogens is 3. The van der Waals surface area contributed by atoms with Crippen LogP contribution in [0.4, 0.5) is 18.9 Å². The molecule has 0 spiro atoms. The SMILES string of the molecule is CC(c1cc(F)c(F)c(F)c1)N1CCN(C(=O)c2ccc(NS(=O)(=O)c3cccc4cccnc34)cc2)[C@H](C)C1. The molecule has 3 aromatic carbocycles. The van der Waals surface area contributed by atoms with E-state index in [1.807, 2.05) is 11.8 Å². The van der Waals surface area contributed by atoms with Gasteiger partial charge in [-0.3, -0.25) is 19.4 Å². The number of pyridine rings is 1. The van der Waals surface area contributed by atoms with Crippen LogP contribution in [0.25, 0.3) is 10.9 Å². The summed E-state index contributed by atoms with van der Waals surface area (Å²) in [6.45, 7) is 4.94. The molecule has 5 rings (SSSR count). The molecule has 0 radical (unpaired) electrons. The molecule has 0 saturated carbocycles. The van der Waals surface area contributed by atoms with Gasteiger partial charge in [-0.05, 0) is 67.9 Å². The predicted molar refractivity (Wildman–Crippen MR) is 146 cm³/mol. The Kier molecular flexibility index (Phi) is 7.52. The summed E-state index contributed by atoms with van der Waals surface area (Å²) >= 11 is 0.